The molecule has 0 bridgehead atoms. The molecule has 0 N–H and O–H groups in total. The summed E-state index contributed by atoms with van der Waals surface area (Å²) < 4.78 is 4.21. The minimum Gasteiger partial charge on any atom is -0.357 e. The molecule has 20 heavy (non-hydrogen) atoms. The maximum Gasteiger partial charge on any atom is 0.0951 e. The molecule has 2 aromatic heterocycles. The SMILES string of the molecule is Cn1ccc(C(Cc2ccc(Cl)cc2)n2ccnc2)c1. The van der Waals surface area contributed by atoms with Gasteiger partial charge >= 0.3 is 0 Å². The van der Waals surface area contributed by atoms with Crippen LogP contribution in [0.25, 0.3) is 0 Å². The number of nitrogens with zero attached hydrogens (tertiary/aromatic N) is 3. The molecular formula is C16H16ClN3. The lowest BCUT2D eigenvalue weighted by Crippen LogP contribution is -2.11. The number of imidazole rings is 1. The van der Waals surface area contributed by atoms with E-state index < -0.39 is 0 Å². The van der Waals surface area contributed by atoms with Crippen molar-refractivity contribution in [2.45, 2.75) is 12.5 Å². The molecule has 3 nitrogen and oxygen atoms in total. The third-order valence-corrected chi connectivity index (χ3v) is 3.72. The summed E-state index contributed by atoms with van der Waals surface area (Å²) in [6.45, 7) is 0. The van der Waals surface area contributed by atoms with Crippen molar-refractivity contribution in [1.29, 1.82) is 0 Å². The monoisotopic (exact) mass is 285 g/mol. The van der Waals surface area contributed by atoms with Crippen LogP contribution < -0.4 is 0 Å². The Hall–Kier alpha value is -2.00. The third-order valence-electron chi connectivity index (χ3n) is 3.47. The summed E-state index contributed by atoms with van der Waals surface area (Å²) in [6, 6.07) is 10.4. The van der Waals surface area contributed by atoms with Gasteiger partial charge in [-0.1, -0.05) is 23.7 Å². The fraction of sp³-hybridized carbons (Fsp3) is 0.188. The smallest absolute Gasteiger partial charge is 0.0951 e. The summed E-state index contributed by atoms with van der Waals surface area (Å²) >= 11 is 5.95. The summed E-state index contributed by atoms with van der Waals surface area (Å²) in [5.41, 5.74) is 2.54. The molecule has 3 aromatic rings. The van der Waals surface area contributed by atoms with Crippen molar-refractivity contribution in [3.05, 3.63) is 77.6 Å². The first kappa shape index (κ1) is 13.0. The molecule has 102 valence electrons. The number of benzene rings is 1. The Morgan fingerprint density at radius 2 is 1.95 bits per heavy atom. The average Bonchev–Trinajstić information content (AvgIpc) is 3.09. The molecule has 0 spiro atoms. The van der Waals surface area contributed by atoms with E-state index in [0.717, 1.165) is 11.4 Å². The Morgan fingerprint density at radius 1 is 1.15 bits per heavy atom. The zero-order valence-corrected chi connectivity index (χ0v) is 12.0. The van der Waals surface area contributed by atoms with Crippen molar-refractivity contribution >= 4 is 11.6 Å². The highest BCUT2D eigenvalue weighted by Gasteiger charge is 2.15. The standard InChI is InChI=1S/C16H16ClN3/c1-19-8-6-14(11-19)16(20-9-7-18-12-20)10-13-2-4-15(17)5-3-13/h2-9,11-12,16H,10H2,1H3. The van der Waals surface area contributed by atoms with E-state index in [2.05, 4.69) is 44.7 Å². The molecule has 1 atom stereocenters. The van der Waals surface area contributed by atoms with E-state index in [-0.39, 0.29) is 6.04 Å². The number of hydrogen-bond donors (Lipinski definition) is 0. The van der Waals surface area contributed by atoms with Gasteiger partial charge < -0.3 is 9.13 Å². The van der Waals surface area contributed by atoms with Gasteiger partial charge in [-0.25, -0.2) is 4.98 Å². The van der Waals surface area contributed by atoms with Gasteiger partial charge in [0.2, 0.25) is 0 Å². The molecule has 0 fully saturated rings. The van der Waals surface area contributed by atoms with Gasteiger partial charge in [0.1, 0.15) is 0 Å². The normalized spacial score (nSPS) is 12.5. The minimum atomic E-state index is 0.250. The van der Waals surface area contributed by atoms with Crippen molar-refractivity contribution in [3.8, 4) is 0 Å². The Labute approximate surface area is 123 Å². The molecule has 0 aliphatic heterocycles. The van der Waals surface area contributed by atoms with E-state index in [1.54, 1.807) is 0 Å². The summed E-state index contributed by atoms with van der Waals surface area (Å²) in [5, 5.41) is 0.771. The number of rotatable bonds is 4. The van der Waals surface area contributed by atoms with Crippen molar-refractivity contribution in [1.82, 2.24) is 14.1 Å². The van der Waals surface area contributed by atoms with Crippen molar-refractivity contribution in [2.75, 3.05) is 0 Å². The van der Waals surface area contributed by atoms with Crippen LogP contribution in [0.3, 0.4) is 0 Å². The van der Waals surface area contributed by atoms with Crippen molar-refractivity contribution in [2.24, 2.45) is 7.05 Å². The Morgan fingerprint density at radius 3 is 2.55 bits per heavy atom. The lowest BCUT2D eigenvalue weighted by atomic mass is 10.0. The number of aromatic nitrogens is 3. The van der Waals surface area contributed by atoms with Crippen LogP contribution >= 0.6 is 11.6 Å². The van der Waals surface area contributed by atoms with E-state index in [4.69, 9.17) is 11.6 Å². The van der Waals surface area contributed by atoms with Crippen LogP contribution in [0.5, 0.6) is 0 Å². The predicted octanol–water partition coefficient (Wildman–Crippen LogP) is 3.71. The fourth-order valence-electron chi connectivity index (χ4n) is 2.41. The molecule has 0 amide bonds. The number of halogens is 1. The van der Waals surface area contributed by atoms with Crippen LogP contribution in [0.4, 0.5) is 0 Å². The zero-order chi connectivity index (χ0) is 13.9. The highest BCUT2D eigenvalue weighted by atomic mass is 35.5. The topological polar surface area (TPSA) is 22.8 Å². The highest BCUT2D eigenvalue weighted by molar-refractivity contribution is 6.30. The molecule has 0 aliphatic carbocycles. The van der Waals surface area contributed by atoms with Crippen molar-refractivity contribution < 1.29 is 0 Å². The van der Waals surface area contributed by atoms with Gasteiger partial charge in [0.05, 0.1) is 12.4 Å². The van der Waals surface area contributed by atoms with E-state index in [1.165, 1.54) is 11.1 Å². The fourth-order valence-corrected chi connectivity index (χ4v) is 2.54. The minimum absolute atomic E-state index is 0.250. The first-order chi connectivity index (χ1) is 9.72. The van der Waals surface area contributed by atoms with Gasteiger partial charge in [-0.05, 0) is 35.7 Å². The van der Waals surface area contributed by atoms with E-state index >= 15 is 0 Å². The molecular weight excluding hydrogens is 270 g/mol. The maximum atomic E-state index is 5.95. The molecule has 4 heteroatoms. The van der Waals surface area contributed by atoms with Crippen LogP contribution in [-0.2, 0) is 13.5 Å². The first-order valence-corrected chi connectivity index (χ1v) is 6.94. The van der Waals surface area contributed by atoms with Crippen LogP contribution in [0.2, 0.25) is 5.02 Å². The molecule has 3 rings (SSSR count). The number of hydrogen-bond acceptors (Lipinski definition) is 1. The number of aryl methyl sites for hydroxylation is 1. The largest absolute Gasteiger partial charge is 0.357 e. The van der Waals surface area contributed by atoms with Gasteiger partial charge in [0, 0.05) is 36.9 Å². The Bertz CT molecular complexity index is 668. The first-order valence-electron chi connectivity index (χ1n) is 6.56. The molecule has 0 saturated carbocycles. The highest BCUT2D eigenvalue weighted by Crippen LogP contribution is 2.24. The maximum absolute atomic E-state index is 5.95. The van der Waals surface area contributed by atoms with E-state index in [1.807, 2.05) is 37.9 Å². The Balaban J connectivity index is 1.92. The summed E-state index contributed by atoms with van der Waals surface area (Å²) in [5.74, 6) is 0. The third kappa shape index (κ3) is 2.78. The quantitative estimate of drug-likeness (QED) is 0.716. The van der Waals surface area contributed by atoms with Gasteiger partial charge in [-0.3, -0.25) is 0 Å². The molecule has 0 aliphatic rings. The second-order valence-electron chi connectivity index (χ2n) is 4.97. The second kappa shape index (κ2) is 5.55. The second-order valence-corrected chi connectivity index (χ2v) is 5.40. The molecule has 0 saturated heterocycles. The van der Waals surface area contributed by atoms with Crippen LogP contribution in [-0.4, -0.2) is 14.1 Å². The lowest BCUT2D eigenvalue weighted by molar-refractivity contribution is 0.580. The van der Waals surface area contributed by atoms with E-state index in [9.17, 15) is 0 Å². The summed E-state index contributed by atoms with van der Waals surface area (Å²) in [4.78, 5) is 4.17. The van der Waals surface area contributed by atoms with Crippen molar-refractivity contribution in [3.63, 3.8) is 0 Å². The van der Waals surface area contributed by atoms with Crippen LogP contribution in [0.15, 0.2) is 61.4 Å². The molecule has 2 heterocycles. The van der Waals surface area contributed by atoms with Gasteiger partial charge in [0.15, 0.2) is 0 Å². The summed E-state index contributed by atoms with van der Waals surface area (Å²) in [7, 11) is 2.04. The molecule has 1 unspecified atom stereocenters. The van der Waals surface area contributed by atoms with E-state index in [0.29, 0.717) is 0 Å². The molecule has 1 aromatic carbocycles. The average molecular weight is 286 g/mol. The lowest BCUT2D eigenvalue weighted by Gasteiger charge is -2.17. The van der Waals surface area contributed by atoms with Crippen LogP contribution in [0, 0.1) is 0 Å². The zero-order valence-electron chi connectivity index (χ0n) is 11.3. The van der Waals surface area contributed by atoms with Gasteiger partial charge in [-0.2, -0.15) is 0 Å². The predicted molar refractivity (Wildman–Crippen MR) is 80.9 cm³/mol. The summed E-state index contributed by atoms with van der Waals surface area (Å²) in [6.07, 6.45) is 10.8. The molecule has 0 radical (unpaired) electrons. The Kier molecular flexibility index (Phi) is 3.61. The van der Waals surface area contributed by atoms with Gasteiger partial charge in [0.25, 0.3) is 0 Å². The van der Waals surface area contributed by atoms with Crippen LogP contribution in [0.1, 0.15) is 17.2 Å². The van der Waals surface area contributed by atoms with Gasteiger partial charge in [-0.15, -0.1) is 0 Å².